The zero-order valence-corrected chi connectivity index (χ0v) is 17.9. The number of thiazole rings is 1. The molecule has 1 atom stereocenters. The minimum atomic E-state index is 0.223. The van der Waals surface area contributed by atoms with E-state index in [4.69, 9.17) is 4.98 Å². The molecule has 30 heavy (non-hydrogen) atoms. The summed E-state index contributed by atoms with van der Waals surface area (Å²) < 4.78 is 3.20. The van der Waals surface area contributed by atoms with Gasteiger partial charge in [-0.05, 0) is 34.5 Å². The SMILES string of the molecule is CC[C@@H](c1nnnn1Cc1ccccc1)N1CCN(c2nc3ccccc3s2)CC1. The molecule has 0 unspecified atom stereocenters. The number of nitrogens with zero attached hydrogens (tertiary/aromatic N) is 7. The Hall–Kier alpha value is -2.84. The van der Waals surface area contributed by atoms with Crippen molar-refractivity contribution in [3.05, 3.63) is 66.0 Å². The van der Waals surface area contributed by atoms with Crippen LogP contribution in [-0.2, 0) is 6.54 Å². The second kappa shape index (κ2) is 8.49. The van der Waals surface area contributed by atoms with E-state index in [2.05, 4.69) is 80.8 Å². The number of hydrogen-bond donors (Lipinski definition) is 0. The topological polar surface area (TPSA) is 63.0 Å². The maximum atomic E-state index is 4.83. The van der Waals surface area contributed by atoms with Gasteiger partial charge in [-0.25, -0.2) is 9.67 Å². The third-order valence-corrected chi connectivity index (χ3v) is 6.82. The minimum absolute atomic E-state index is 0.223. The Bertz CT molecular complexity index is 1070. The van der Waals surface area contributed by atoms with Crippen molar-refractivity contribution in [1.82, 2.24) is 30.1 Å². The number of rotatable bonds is 6. The molecule has 1 saturated heterocycles. The first-order valence-corrected chi connectivity index (χ1v) is 11.3. The molecule has 3 heterocycles. The van der Waals surface area contributed by atoms with Crippen LogP contribution in [-0.4, -0.2) is 56.3 Å². The summed E-state index contributed by atoms with van der Waals surface area (Å²) in [6.45, 7) is 6.81. The van der Waals surface area contributed by atoms with Crippen molar-refractivity contribution in [2.75, 3.05) is 31.1 Å². The Kier molecular flexibility index (Phi) is 5.42. The average Bonchev–Trinajstić information content (AvgIpc) is 3.43. The Morgan fingerprint density at radius 3 is 2.50 bits per heavy atom. The fourth-order valence-electron chi connectivity index (χ4n) is 4.14. The predicted octanol–water partition coefficient (Wildman–Crippen LogP) is 3.60. The van der Waals surface area contributed by atoms with Gasteiger partial charge in [-0.2, -0.15) is 0 Å². The molecule has 1 aliphatic rings. The van der Waals surface area contributed by atoms with Crippen LogP contribution in [0.1, 0.15) is 30.8 Å². The Morgan fingerprint density at radius 2 is 1.73 bits per heavy atom. The summed E-state index contributed by atoms with van der Waals surface area (Å²) in [5.74, 6) is 0.954. The zero-order valence-electron chi connectivity index (χ0n) is 17.1. The van der Waals surface area contributed by atoms with Gasteiger partial charge in [0.05, 0.1) is 22.8 Å². The maximum absolute atomic E-state index is 4.83. The fourth-order valence-corrected chi connectivity index (χ4v) is 5.16. The summed E-state index contributed by atoms with van der Waals surface area (Å²) in [5.41, 5.74) is 2.30. The van der Waals surface area contributed by atoms with E-state index in [0.29, 0.717) is 6.54 Å². The molecule has 5 rings (SSSR count). The fraction of sp³-hybridized carbons (Fsp3) is 0.364. The van der Waals surface area contributed by atoms with Gasteiger partial charge >= 0.3 is 0 Å². The zero-order chi connectivity index (χ0) is 20.3. The molecule has 2 aromatic heterocycles. The molecular formula is C22H25N7S. The normalized spacial score (nSPS) is 16.2. The number of anilines is 1. The number of benzene rings is 2. The lowest BCUT2D eigenvalue weighted by molar-refractivity contribution is 0.169. The average molecular weight is 420 g/mol. The lowest BCUT2D eigenvalue weighted by atomic mass is 10.1. The van der Waals surface area contributed by atoms with Crippen LogP contribution in [0.5, 0.6) is 0 Å². The lowest BCUT2D eigenvalue weighted by Crippen LogP contribution is -2.48. The Labute approximate surface area is 180 Å². The summed E-state index contributed by atoms with van der Waals surface area (Å²) in [6.07, 6.45) is 0.982. The molecule has 2 aromatic carbocycles. The molecule has 1 aliphatic heterocycles. The van der Waals surface area contributed by atoms with Gasteiger partial charge in [-0.1, -0.05) is 60.7 Å². The maximum Gasteiger partial charge on any atom is 0.186 e. The molecule has 4 aromatic rings. The van der Waals surface area contributed by atoms with E-state index in [-0.39, 0.29) is 6.04 Å². The quantitative estimate of drug-likeness (QED) is 0.476. The second-order valence-corrected chi connectivity index (χ2v) is 8.60. The highest BCUT2D eigenvalue weighted by atomic mass is 32.1. The van der Waals surface area contributed by atoms with Crippen LogP contribution < -0.4 is 4.90 Å². The number of fused-ring (bicyclic) bond motifs is 1. The van der Waals surface area contributed by atoms with E-state index in [1.165, 1.54) is 10.3 Å². The largest absolute Gasteiger partial charge is 0.345 e. The highest BCUT2D eigenvalue weighted by molar-refractivity contribution is 7.22. The first-order chi connectivity index (χ1) is 14.8. The van der Waals surface area contributed by atoms with Gasteiger partial charge in [0.1, 0.15) is 0 Å². The molecule has 1 fully saturated rings. The number of aromatic nitrogens is 5. The van der Waals surface area contributed by atoms with Gasteiger partial charge in [0, 0.05) is 26.2 Å². The number of para-hydroxylation sites is 1. The number of piperazine rings is 1. The number of tetrazole rings is 1. The molecule has 0 aliphatic carbocycles. The van der Waals surface area contributed by atoms with Crippen LogP contribution >= 0.6 is 11.3 Å². The van der Waals surface area contributed by atoms with Gasteiger partial charge in [0.15, 0.2) is 11.0 Å². The van der Waals surface area contributed by atoms with E-state index in [9.17, 15) is 0 Å². The third-order valence-electron chi connectivity index (χ3n) is 5.73. The highest BCUT2D eigenvalue weighted by Crippen LogP contribution is 2.31. The van der Waals surface area contributed by atoms with Crippen molar-refractivity contribution >= 4 is 26.7 Å². The molecule has 0 radical (unpaired) electrons. The standard InChI is InChI=1S/C22H25N7S/c1-2-19(21-24-25-26-29(21)16-17-8-4-3-5-9-17)27-12-14-28(15-13-27)22-23-18-10-6-7-11-20(18)30-22/h3-11,19H,2,12-16H2,1H3/t19-/m0/s1. The van der Waals surface area contributed by atoms with Gasteiger partial charge in [0.2, 0.25) is 0 Å². The van der Waals surface area contributed by atoms with Crippen LogP contribution in [0.4, 0.5) is 5.13 Å². The van der Waals surface area contributed by atoms with E-state index in [1.807, 2.05) is 10.7 Å². The highest BCUT2D eigenvalue weighted by Gasteiger charge is 2.28. The lowest BCUT2D eigenvalue weighted by Gasteiger charge is -2.38. The van der Waals surface area contributed by atoms with E-state index >= 15 is 0 Å². The molecule has 0 N–H and O–H groups in total. The molecule has 0 amide bonds. The Morgan fingerprint density at radius 1 is 0.967 bits per heavy atom. The molecular weight excluding hydrogens is 394 g/mol. The van der Waals surface area contributed by atoms with Crippen molar-refractivity contribution in [2.45, 2.75) is 25.9 Å². The monoisotopic (exact) mass is 419 g/mol. The predicted molar refractivity (Wildman–Crippen MR) is 120 cm³/mol. The summed E-state index contributed by atoms with van der Waals surface area (Å²) in [6, 6.07) is 19.0. The van der Waals surface area contributed by atoms with Crippen molar-refractivity contribution < 1.29 is 0 Å². The van der Waals surface area contributed by atoms with Crippen LogP contribution in [0.25, 0.3) is 10.2 Å². The van der Waals surface area contributed by atoms with Crippen LogP contribution in [0.15, 0.2) is 54.6 Å². The van der Waals surface area contributed by atoms with Crippen molar-refractivity contribution in [2.24, 2.45) is 0 Å². The molecule has 0 saturated carbocycles. The smallest absolute Gasteiger partial charge is 0.186 e. The van der Waals surface area contributed by atoms with Gasteiger partial charge in [-0.15, -0.1) is 5.10 Å². The van der Waals surface area contributed by atoms with E-state index in [1.54, 1.807) is 11.3 Å². The van der Waals surface area contributed by atoms with Crippen molar-refractivity contribution in [3.8, 4) is 0 Å². The molecule has 8 heteroatoms. The van der Waals surface area contributed by atoms with Crippen LogP contribution in [0.2, 0.25) is 0 Å². The Balaban J connectivity index is 1.29. The van der Waals surface area contributed by atoms with E-state index in [0.717, 1.165) is 49.1 Å². The van der Waals surface area contributed by atoms with Crippen molar-refractivity contribution in [1.29, 1.82) is 0 Å². The van der Waals surface area contributed by atoms with Crippen molar-refractivity contribution in [3.63, 3.8) is 0 Å². The minimum Gasteiger partial charge on any atom is -0.345 e. The van der Waals surface area contributed by atoms with Gasteiger partial charge in [-0.3, -0.25) is 4.90 Å². The molecule has 7 nitrogen and oxygen atoms in total. The van der Waals surface area contributed by atoms with Gasteiger partial charge < -0.3 is 4.90 Å². The summed E-state index contributed by atoms with van der Waals surface area (Å²) >= 11 is 1.78. The number of hydrogen-bond acceptors (Lipinski definition) is 7. The van der Waals surface area contributed by atoms with Gasteiger partial charge in [0.25, 0.3) is 0 Å². The van der Waals surface area contributed by atoms with E-state index < -0.39 is 0 Å². The second-order valence-electron chi connectivity index (χ2n) is 7.59. The molecule has 0 bridgehead atoms. The van der Waals surface area contributed by atoms with Crippen LogP contribution in [0, 0.1) is 0 Å². The summed E-state index contributed by atoms with van der Waals surface area (Å²) in [5, 5.41) is 13.8. The first kappa shape index (κ1) is 19.1. The van der Waals surface area contributed by atoms with Crippen LogP contribution in [0.3, 0.4) is 0 Å². The third kappa shape index (κ3) is 3.80. The molecule has 154 valence electrons. The molecule has 0 spiro atoms. The first-order valence-electron chi connectivity index (χ1n) is 10.5. The summed E-state index contributed by atoms with van der Waals surface area (Å²) in [4.78, 5) is 9.74. The summed E-state index contributed by atoms with van der Waals surface area (Å²) in [7, 11) is 0.